The van der Waals surface area contributed by atoms with E-state index in [-0.39, 0.29) is 67.9 Å². The third-order valence-electron chi connectivity index (χ3n) is 7.11. The van der Waals surface area contributed by atoms with Crippen molar-refractivity contribution >= 4 is 51.5 Å². The molecule has 0 unspecified atom stereocenters. The Morgan fingerprint density at radius 1 is 0.439 bits per heavy atom. The molecule has 390 valence electrons. The zero-order valence-corrected chi connectivity index (χ0v) is 44.3. The number of alkyl carbamates (subject to hydrolysis) is 1. The van der Waals surface area contributed by atoms with Gasteiger partial charge in [-0.3, -0.25) is 38.7 Å². The number of halogens is 1. The van der Waals surface area contributed by atoms with E-state index in [1.165, 1.54) is 13.8 Å². The molecule has 0 rings (SSSR count). The molecule has 0 spiro atoms. The van der Waals surface area contributed by atoms with Crippen molar-refractivity contribution in [2.45, 2.75) is 119 Å². The highest BCUT2D eigenvalue weighted by Gasteiger charge is 2.24. The SMILES string of the molecule is CC(=O)CN(CCOCCO)CCOCCN(CC(=O)OC(C)(C)C)CC(=O)OC(C)(C)C.CC(=O)CN(CCOCCO)CCOCCNC(=O)OC(C)(C)C.CC(C)(C)OC(=O)CBr. The number of carbonyl (C=O) groups is 6. The van der Waals surface area contributed by atoms with Crippen LogP contribution in [-0.4, -0.2) is 220 Å². The second kappa shape index (κ2) is 38.0. The fraction of sp³-hybridized carbons (Fsp3) is 0.867. The molecule has 0 aromatic heterocycles. The van der Waals surface area contributed by atoms with E-state index in [1.54, 1.807) is 67.2 Å². The number of esters is 3. The number of Topliss-reactive ketones (excluding diaryl/α,β-unsaturated/α-hetero) is 2. The number of nitrogens with zero attached hydrogens (tertiary/aromatic N) is 3. The first kappa shape index (κ1) is 67.4. The summed E-state index contributed by atoms with van der Waals surface area (Å²) in [5, 5.41) is 20.3. The lowest BCUT2D eigenvalue weighted by Crippen LogP contribution is -2.41. The number of ether oxygens (including phenoxy) is 8. The van der Waals surface area contributed by atoms with E-state index in [2.05, 4.69) is 21.2 Å². The van der Waals surface area contributed by atoms with Crippen LogP contribution < -0.4 is 5.32 Å². The maximum Gasteiger partial charge on any atom is 0.407 e. The van der Waals surface area contributed by atoms with Crippen molar-refractivity contribution in [2.24, 2.45) is 0 Å². The Labute approximate surface area is 403 Å². The molecule has 0 aliphatic rings. The number of hydrogen-bond acceptors (Lipinski definition) is 19. The summed E-state index contributed by atoms with van der Waals surface area (Å²) in [6.07, 6.45) is -0.467. The van der Waals surface area contributed by atoms with Crippen LogP contribution in [0.25, 0.3) is 0 Å². The third kappa shape index (κ3) is 53.8. The summed E-state index contributed by atoms with van der Waals surface area (Å²) in [6.45, 7) is 31.0. The van der Waals surface area contributed by atoms with Gasteiger partial charge in [-0.1, -0.05) is 15.9 Å². The van der Waals surface area contributed by atoms with Gasteiger partial charge in [0.25, 0.3) is 0 Å². The van der Waals surface area contributed by atoms with Crippen molar-refractivity contribution in [3.63, 3.8) is 0 Å². The van der Waals surface area contributed by atoms with Crippen LogP contribution in [0.5, 0.6) is 0 Å². The van der Waals surface area contributed by atoms with Crippen LogP contribution in [0.4, 0.5) is 4.79 Å². The number of alkyl halides is 1. The van der Waals surface area contributed by atoms with E-state index < -0.39 is 34.8 Å². The number of ketones is 2. The first-order valence-corrected chi connectivity index (χ1v) is 23.4. The van der Waals surface area contributed by atoms with Crippen molar-refractivity contribution < 1.29 is 76.9 Å². The smallest absolute Gasteiger partial charge is 0.407 e. The summed E-state index contributed by atoms with van der Waals surface area (Å²) in [6, 6.07) is 0. The van der Waals surface area contributed by atoms with E-state index in [1.807, 2.05) is 30.6 Å². The molecule has 0 aliphatic heterocycles. The van der Waals surface area contributed by atoms with Gasteiger partial charge in [0, 0.05) is 39.3 Å². The Kier molecular flexibility index (Phi) is 38.9. The van der Waals surface area contributed by atoms with E-state index in [0.717, 1.165) is 0 Å². The molecule has 0 bridgehead atoms. The zero-order chi connectivity index (χ0) is 51.4. The first-order chi connectivity index (χ1) is 30.4. The minimum absolute atomic E-state index is 0.0134. The highest BCUT2D eigenvalue weighted by molar-refractivity contribution is 9.09. The van der Waals surface area contributed by atoms with Gasteiger partial charge >= 0.3 is 24.0 Å². The lowest BCUT2D eigenvalue weighted by molar-refractivity contribution is -0.160. The number of amides is 1. The predicted octanol–water partition coefficient (Wildman–Crippen LogP) is 3.04. The van der Waals surface area contributed by atoms with Crippen LogP contribution >= 0.6 is 15.9 Å². The number of hydrogen-bond donors (Lipinski definition) is 3. The third-order valence-corrected chi connectivity index (χ3v) is 7.57. The van der Waals surface area contributed by atoms with Crippen molar-refractivity contribution in [2.75, 3.05) is 137 Å². The molecular formula is C45H87BrN4O16. The minimum Gasteiger partial charge on any atom is -0.459 e. The number of carbonyl (C=O) groups excluding carboxylic acids is 6. The highest BCUT2D eigenvalue weighted by atomic mass is 79.9. The van der Waals surface area contributed by atoms with Crippen LogP contribution in [-0.2, 0) is 61.9 Å². The summed E-state index contributed by atoms with van der Waals surface area (Å²) in [4.78, 5) is 74.7. The number of nitrogens with one attached hydrogen (secondary N) is 1. The van der Waals surface area contributed by atoms with Gasteiger partial charge in [-0.2, -0.15) is 0 Å². The zero-order valence-electron chi connectivity index (χ0n) is 42.7. The maximum atomic E-state index is 12.2. The predicted molar refractivity (Wildman–Crippen MR) is 254 cm³/mol. The quantitative estimate of drug-likeness (QED) is 0.0392. The van der Waals surface area contributed by atoms with Gasteiger partial charge in [0.1, 0.15) is 39.3 Å². The Morgan fingerprint density at radius 3 is 1.03 bits per heavy atom. The summed E-state index contributed by atoms with van der Waals surface area (Å²) < 4.78 is 42.3. The van der Waals surface area contributed by atoms with Crippen LogP contribution in [0.2, 0.25) is 0 Å². The summed E-state index contributed by atoms with van der Waals surface area (Å²) in [7, 11) is 0. The molecule has 66 heavy (non-hydrogen) atoms. The Hall–Kier alpha value is -2.86. The van der Waals surface area contributed by atoms with Crippen molar-refractivity contribution in [1.29, 1.82) is 0 Å². The molecule has 0 aromatic rings. The second-order valence-corrected chi connectivity index (χ2v) is 19.4. The van der Waals surface area contributed by atoms with Crippen LogP contribution in [0.1, 0.15) is 96.9 Å². The average Bonchev–Trinajstić information content (AvgIpc) is 3.13. The molecule has 21 heteroatoms. The molecule has 0 saturated heterocycles. The van der Waals surface area contributed by atoms with Crippen LogP contribution in [0, 0.1) is 0 Å². The van der Waals surface area contributed by atoms with Gasteiger partial charge in [-0.05, 0) is 96.9 Å². The number of rotatable bonds is 31. The second-order valence-electron chi connectivity index (χ2n) is 18.9. The van der Waals surface area contributed by atoms with Crippen LogP contribution in [0.15, 0.2) is 0 Å². The fourth-order valence-corrected chi connectivity index (χ4v) is 5.02. The van der Waals surface area contributed by atoms with Crippen molar-refractivity contribution in [1.82, 2.24) is 20.0 Å². The topological polar surface area (TPSA) is 238 Å². The van der Waals surface area contributed by atoms with E-state index >= 15 is 0 Å². The Morgan fingerprint density at radius 2 is 0.742 bits per heavy atom. The van der Waals surface area contributed by atoms with E-state index in [0.29, 0.717) is 92.1 Å². The molecule has 3 N–H and O–H groups in total. The number of aliphatic hydroxyl groups is 2. The van der Waals surface area contributed by atoms with Gasteiger partial charge in [0.2, 0.25) is 0 Å². The number of aliphatic hydroxyl groups excluding tert-OH is 2. The standard InChI is InChI=1S/C23H44N2O8.C16H32N2O6.C6H11BrO2/c1-19(27)16-24(9-13-31-15-11-26)8-12-30-14-10-25(17-20(28)32-22(2,3)4)18-21(29)33-23(5,6)7;1-14(20)13-18(7-11-23-12-8-19)6-10-22-9-5-17-15(21)24-16(2,3)4;1-6(2,3)9-5(8)4-7/h26H,8-18H2,1-7H3;19H,5-13H2,1-4H3,(H,17,21);4H2,1-3H3. The molecular weight excluding hydrogens is 932 g/mol. The summed E-state index contributed by atoms with van der Waals surface area (Å²) in [5.74, 6) is -0.965. The van der Waals surface area contributed by atoms with E-state index in [9.17, 15) is 28.8 Å². The molecule has 0 heterocycles. The first-order valence-electron chi connectivity index (χ1n) is 22.3. The van der Waals surface area contributed by atoms with Crippen molar-refractivity contribution in [3.8, 4) is 0 Å². The highest BCUT2D eigenvalue weighted by Crippen LogP contribution is 2.11. The normalized spacial score (nSPS) is 11.9. The minimum atomic E-state index is -0.619. The lowest BCUT2D eigenvalue weighted by atomic mass is 10.2. The molecule has 0 aliphatic carbocycles. The fourth-order valence-electron chi connectivity index (χ4n) is 4.91. The van der Waals surface area contributed by atoms with Gasteiger partial charge in [0.15, 0.2) is 0 Å². The average molecular weight is 1020 g/mol. The molecule has 0 saturated carbocycles. The van der Waals surface area contributed by atoms with Gasteiger partial charge in [-0.25, -0.2) is 4.79 Å². The summed E-state index contributed by atoms with van der Waals surface area (Å²) in [5.41, 5.74) is -2.11. The monoisotopic (exact) mass is 1020 g/mol. The van der Waals surface area contributed by atoms with Gasteiger partial charge in [0.05, 0.1) is 92.2 Å². The molecule has 0 fully saturated rings. The molecule has 0 atom stereocenters. The van der Waals surface area contributed by atoms with Crippen molar-refractivity contribution in [3.05, 3.63) is 0 Å². The molecule has 1 amide bonds. The lowest BCUT2D eigenvalue weighted by Gasteiger charge is -2.26. The Bertz CT molecular complexity index is 1300. The van der Waals surface area contributed by atoms with E-state index in [4.69, 9.17) is 48.1 Å². The molecule has 0 aromatic carbocycles. The summed E-state index contributed by atoms with van der Waals surface area (Å²) >= 11 is 2.99. The van der Waals surface area contributed by atoms with Crippen LogP contribution in [0.3, 0.4) is 0 Å². The van der Waals surface area contributed by atoms with Gasteiger partial charge in [-0.15, -0.1) is 0 Å². The largest absolute Gasteiger partial charge is 0.459 e. The molecule has 20 nitrogen and oxygen atoms in total. The Balaban J connectivity index is -0.00000104. The molecule has 0 radical (unpaired) electrons. The maximum absolute atomic E-state index is 12.2. The van der Waals surface area contributed by atoms with Gasteiger partial charge < -0.3 is 53.4 Å².